The van der Waals surface area contributed by atoms with E-state index < -0.39 is 9.84 Å². The maximum absolute atomic E-state index is 13.3. The number of thioether (sulfide) groups is 1. The van der Waals surface area contributed by atoms with E-state index in [2.05, 4.69) is 36.9 Å². The Morgan fingerprint density at radius 3 is 2.52 bits per heavy atom. The Morgan fingerprint density at radius 2 is 1.85 bits per heavy atom. The van der Waals surface area contributed by atoms with Crippen molar-refractivity contribution >= 4 is 32.5 Å². The van der Waals surface area contributed by atoms with Gasteiger partial charge >= 0.3 is 0 Å². The summed E-state index contributed by atoms with van der Waals surface area (Å²) < 4.78 is 37.0. The van der Waals surface area contributed by atoms with E-state index in [1.54, 1.807) is 23.9 Å². The zero-order chi connectivity index (χ0) is 19.2. The molecule has 142 valence electrons. The molecular formula is C20H21FN2O2S2. The second-order valence-corrected chi connectivity index (χ2v) is 10.6. The molecule has 2 aromatic carbocycles. The van der Waals surface area contributed by atoms with Crippen LogP contribution >= 0.6 is 11.8 Å². The third-order valence-electron chi connectivity index (χ3n) is 5.09. The average Bonchev–Trinajstić information content (AvgIpc) is 3.10. The molecule has 2 heterocycles. The van der Waals surface area contributed by atoms with Gasteiger partial charge in [-0.05, 0) is 54.8 Å². The van der Waals surface area contributed by atoms with Crippen LogP contribution in [0.25, 0.3) is 0 Å². The number of aliphatic imine (C=N–C) groups is 1. The molecule has 0 unspecified atom stereocenters. The van der Waals surface area contributed by atoms with Crippen LogP contribution in [-0.2, 0) is 16.4 Å². The lowest BCUT2D eigenvalue weighted by molar-refractivity contribution is 0.601. The first kappa shape index (κ1) is 18.5. The Kier molecular flexibility index (Phi) is 4.76. The Morgan fingerprint density at radius 1 is 1.11 bits per heavy atom. The van der Waals surface area contributed by atoms with Crippen LogP contribution in [0.4, 0.5) is 10.1 Å². The molecule has 0 bridgehead atoms. The van der Waals surface area contributed by atoms with Crippen molar-refractivity contribution in [3.63, 3.8) is 0 Å². The summed E-state index contributed by atoms with van der Waals surface area (Å²) in [7, 11) is -2.98. The molecule has 4 nitrogen and oxygen atoms in total. The minimum Gasteiger partial charge on any atom is -0.317 e. The van der Waals surface area contributed by atoms with Crippen molar-refractivity contribution in [2.75, 3.05) is 16.4 Å². The maximum Gasteiger partial charge on any atom is 0.164 e. The van der Waals surface area contributed by atoms with Crippen molar-refractivity contribution in [3.8, 4) is 0 Å². The molecule has 2 aromatic rings. The number of sulfone groups is 1. The number of fused-ring (bicyclic) bond motifs is 1. The lowest BCUT2D eigenvalue weighted by Gasteiger charge is -2.25. The van der Waals surface area contributed by atoms with Crippen LogP contribution in [0.15, 0.2) is 47.5 Å². The highest BCUT2D eigenvalue weighted by molar-refractivity contribution is 8.15. The van der Waals surface area contributed by atoms with Crippen molar-refractivity contribution in [3.05, 3.63) is 65.0 Å². The number of nitrogens with zero attached hydrogens (tertiary/aromatic N) is 2. The van der Waals surface area contributed by atoms with Gasteiger partial charge in [-0.2, -0.15) is 0 Å². The van der Waals surface area contributed by atoms with E-state index in [0.29, 0.717) is 6.54 Å². The van der Waals surface area contributed by atoms with Crippen LogP contribution in [0, 0.1) is 19.7 Å². The van der Waals surface area contributed by atoms with Crippen molar-refractivity contribution in [1.82, 2.24) is 0 Å². The molecule has 1 saturated heterocycles. The minimum absolute atomic E-state index is 0.00716. The third kappa shape index (κ3) is 3.89. The van der Waals surface area contributed by atoms with Gasteiger partial charge in [0, 0.05) is 10.9 Å². The van der Waals surface area contributed by atoms with Crippen molar-refractivity contribution in [1.29, 1.82) is 0 Å². The molecular weight excluding hydrogens is 383 g/mol. The zero-order valence-electron chi connectivity index (χ0n) is 15.2. The number of benzene rings is 2. The first-order chi connectivity index (χ1) is 12.8. The van der Waals surface area contributed by atoms with Crippen molar-refractivity contribution in [2.45, 2.75) is 31.7 Å². The molecule has 0 amide bonds. The first-order valence-electron chi connectivity index (χ1n) is 8.85. The quantitative estimate of drug-likeness (QED) is 0.782. The molecule has 2 atom stereocenters. The van der Waals surface area contributed by atoms with Gasteiger partial charge in [0.05, 0.1) is 24.1 Å². The van der Waals surface area contributed by atoms with E-state index >= 15 is 0 Å². The van der Waals surface area contributed by atoms with Gasteiger partial charge in [-0.1, -0.05) is 30.0 Å². The van der Waals surface area contributed by atoms with E-state index in [1.807, 2.05) is 0 Å². The highest BCUT2D eigenvalue weighted by Gasteiger charge is 2.44. The number of halogens is 1. The molecule has 0 spiro atoms. The minimum atomic E-state index is -2.98. The third-order valence-corrected chi connectivity index (χ3v) is 8.34. The lowest BCUT2D eigenvalue weighted by Crippen LogP contribution is -2.28. The van der Waals surface area contributed by atoms with E-state index in [-0.39, 0.29) is 28.6 Å². The first-order valence-corrected chi connectivity index (χ1v) is 11.5. The smallest absolute Gasteiger partial charge is 0.164 e. The van der Waals surface area contributed by atoms with E-state index in [9.17, 15) is 12.8 Å². The summed E-state index contributed by atoms with van der Waals surface area (Å²) in [6, 6.07) is 12.5. The van der Waals surface area contributed by atoms with Gasteiger partial charge in [0.2, 0.25) is 0 Å². The molecule has 0 aliphatic carbocycles. The number of hydrogen-bond acceptors (Lipinski definition) is 5. The molecule has 27 heavy (non-hydrogen) atoms. The van der Waals surface area contributed by atoms with Gasteiger partial charge in [-0.3, -0.25) is 4.99 Å². The molecule has 4 rings (SSSR count). The van der Waals surface area contributed by atoms with Crippen molar-refractivity contribution < 1.29 is 12.8 Å². The zero-order valence-corrected chi connectivity index (χ0v) is 16.9. The van der Waals surface area contributed by atoms with Gasteiger partial charge < -0.3 is 4.90 Å². The largest absolute Gasteiger partial charge is 0.317 e. The Labute approximate surface area is 163 Å². The molecule has 2 aliphatic rings. The number of rotatable bonds is 3. The fourth-order valence-electron chi connectivity index (χ4n) is 3.41. The number of aryl methyl sites for hydroxylation is 2. The molecule has 2 aliphatic heterocycles. The van der Waals surface area contributed by atoms with Gasteiger partial charge in [-0.15, -0.1) is 0 Å². The second-order valence-electron chi connectivity index (χ2n) is 7.19. The fraction of sp³-hybridized carbons (Fsp3) is 0.350. The molecule has 0 N–H and O–H groups in total. The second kappa shape index (κ2) is 6.95. The molecule has 0 aromatic heterocycles. The van der Waals surface area contributed by atoms with Crippen LogP contribution in [-0.4, -0.2) is 36.4 Å². The average molecular weight is 405 g/mol. The highest BCUT2D eigenvalue weighted by atomic mass is 32.2. The van der Waals surface area contributed by atoms with Crippen LogP contribution in [0.2, 0.25) is 0 Å². The van der Waals surface area contributed by atoms with Crippen LogP contribution in [0.3, 0.4) is 0 Å². The topological polar surface area (TPSA) is 49.7 Å². The fourth-order valence-corrected chi connectivity index (χ4v) is 7.19. The Hall–Kier alpha value is -1.86. The maximum atomic E-state index is 13.3. The summed E-state index contributed by atoms with van der Waals surface area (Å²) in [5.74, 6) is 0.0572. The summed E-state index contributed by atoms with van der Waals surface area (Å²) in [5.41, 5.74) is 4.38. The standard InChI is InChI=1S/C20H21FN2O2S2/c1-13-3-8-17(9-14(13)2)23(10-15-4-6-16(21)7-5-15)20-22-18-11-27(24,25)12-19(18)26-20/h3-9,18-19H,10-12H2,1-2H3/t18-,19+/m1/s1. The van der Waals surface area contributed by atoms with Crippen LogP contribution in [0.5, 0.6) is 0 Å². The van der Waals surface area contributed by atoms with E-state index in [0.717, 1.165) is 16.4 Å². The molecule has 1 fully saturated rings. The van der Waals surface area contributed by atoms with E-state index in [1.165, 1.54) is 23.3 Å². The highest BCUT2D eigenvalue weighted by Crippen LogP contribution is 2.37. The summed E-state index contributed by atoms with van der Waals surface area (Å²) in [6.07, 6.45) is 0. The van der Waals surface area contributed by atoms with Gasteiger partial charge in [0.25, 0.3) is 0 Å². The molecule has 0 radical (unpaired) electrons. The van der Waals surface area contributed by atoms with Gasteiger partial charge in [0.15, 0.2) is 15.0 Å². The van der Waals surface area contributed by atoms with Gasteiger partial charge in [-0.25, -0.2) is 12.8 Å². The van der Waals surface area contributed by atoms with Crippen LogP contribution in [0.1, 0.15) is 16.7 Å². The summed E-state index contributed by atoms with van der Waals surface area (Å²) >= 11 is 1.54. The SMILES string of the molecule is Cc1ccc(N(Cc2ccc(F)cc2)C2=N[C@@H]3CS(=O)(=O)C[C@@H]3S2)cc1C. The van der Waals surface area contributed by atoms with Gasteiger partial charge in [0.1, 0.15) is 5.82 Å². The number of amidine groups is 1. The summed E-state index contributed by atoms with van der Waals surface area (Å²) in [5, 5.41) is 0.833. The molecule has 0 saturated carbocycles. The Balaban J connectivity index is 1.68. The summed E-state index contributed by atoms with van der Waals surface area (Å²) in [6.45, 7) is 4.70. The predicted molar refractivity (Wildman–Crippen MR) is 110 cm³/mol. The normalized spacial score (nSPS) is 23.1. The number of hydrogen-bond donors (Lipinski definition) is 0. The molecule has 7 heteroatoms. The predicted octanol–water partition coefficient (Wildman–Crippen LogP) is 3.72. The number of anilines is 1. The summed E-state index contributed by atoms with van der Waals surface area (Å²) in [4.78, 5) is 6.85. The van der Waals surface area contributed by atoms with Crippen LogP contribution < -0.4 is 4.90 Å². The Bertz CT molecular complexity index is 1000. The van der Waals surface area contributed by atoms with E-state index in [4.69, 9.17) is 4.99 Å². The van der Waals surface area contributed by atoms with Crippen molar-refractivity contribution in [2.24, 2.45) is 4.99 Å². The monoisotopic (exact) mass is 404 g/mol. The lowest BCUT2D eigenvalue weighted by atomic mass is 10.1.